The van der Waals surface area contributed by atoms with Gasteiger partial charge in [0.25, 0.3) is 0 Å². The highest BCUT2D eigenvalue weighted by Gasteiger charge is 2.18. The van der Waals surface area contributed by atoms with Crippen LogP contribution >= 0.6 is 0 Å². The molecule has 0 fully saturated rings. The Morgan fingerprint density at radius 2 is 0.729 bits per heavy atom. The minimum Gasteiger partial charge on any atom is -0.150 e. The van der Waals surface area contributed by atoms with Gasteiger partial charge in [-0.2, -0.15) is 20.5 Å². The van der Waals surface area contributed by atoms with Crippen LogP contribution in [0.1, 0.15) is 72.9 Å². The smallest absolute Gasteiger partial charge is 0.0940 e. The highest BCUT2D eigenvalue weighted by atomic mass is 15.1. The first-order valence-electron chi connectivity index (χ1n) is 16.6. The molecule has 240 valence electrons. The van der Waals surface area contributed by atoms with Crippen LogP contribution in [-0.4, -0.2) is 0 Å². The number of aryl methyl sites for hydroxylation is 4. The van der Waals surface area contributed by atoms with Crippen LogP contribution in [0.15, 0.2) is 128 Å². The SMILES string of the molecule is Cc1cc(N=Nc2cccc(N=Nc3cccc(N=Nc4cc(C)c5cc(C(C)C)ccc(C)c4-5)c3)c2)c2c(C)ccc(C(C)C)cc1-2. The van der Waals surface area contributed by atoms with Crippen molar-refractivity contribution in [3.63, 3.8) is 0 Å². The summed E-state index contributed by atoms with van der Waals surface area (Å²) in [5, 5.41) is 27.5. The number of azo groups is 3. The van der Waals surface area contributed by atoms with Gasteiger partial charge >= 0.3 is 0 Å². The molecule has 0 saturated carbocycles. The maximum atomic E-state index is 4.68. The van der Waals surface area contributed by atoms with E-state index in [1.54, 1.807) is 0 Å². The van der Waals surface area contributed by atoms with E-state index in [0.717, 1.165) is 22.5 Å². The molecule has 2 aromatic carbocycles. The van der Waals surface area contributed by atoms with E-state index in [0.29, 0.717) is 34.6 Å². The van der Waals surface area contributed by atoms with Crippen LogP contribution in [0.4, 0.5) is 34.1 Å². The molecule has 48 heavy (non-hydrogen) atoms. The van der Waals surface area contributed by atoms with Gasteiger partial charge in [-0.3, -0.25) is 0 Å². The van der Waals surface area contributed by atoms with Crippen molar-refractivity contribution in [1.82, 2.24) is 0 Å². The first-order valence-corrected chi connectivity index (χ1v) is 16.6. The van der Waals surface area contributed by atoms with E-state index in [9.17, 15) is 0 Å². The molecule has 4 aliphatic carbocycles. The molecule has 0 saturated heterocycles. The van der Waals surface area contributed by atoms with Gasteiger partial charge in [0.15, 0.2) is 0 Å². The minimum absolute atomic E-state index is 0.449. The van der Waals surface area contributed by atoms with Crippen molar-refractivity contribution in [2.24, 2.45) is 30.7 Å². The molecule has 6 nitrogen and oxygen atoms in total. The fourth-order valence-corrected chi connectivity index (χ4v) is 6.07. The van der Waals surface area contributed by atoms with Crippen molar-refractivity contribution in [3.05, 3.63) is 130 Å². The summed E-state index contributed by atoms with van der Waals surface area (Å²) in [6.45, 7) is 17.4. The van der Waals surface area contributed by atoms with E-state index in [1.165, 1.54) is 44.5 Å². The van der Waals surface area contributed by atoms with Crippen molar-refractivity contribution < 1.29 is 0 Å². The maximum absolute atomic E-state index is 4.68. The third kappa shape index (κ3) is 6.98. The number of fused-ring (bicyclic) bond motifs is 2. The number of benzene rings is 2. The zero-order valence-electron chi connectivity index (χ0n) is 29.1. The molecule has 0 bridgehead atoms. The molecule has 4 aliphatic rings. The lowest BCUT2D eigenvalue weighted by Gasteiger charge is -2.04. The van der Waals surface area contributed by atoms with Crippen LogP contribution in [-0.2, 0) is 0 Å². The normalized spacial score (nSPS) is 12.3. The fourth-order valence-electron chi connectivity index (χ4n) is 6.07. The van der Waals surface area contributed by atoms with Gasteiger partial charge in [-0.25, -0.2) is 0 Å². The summed E-state index contributed by atoms with van der Waals surface area (Å²) in [5.74, 6) is 0.899. The molecule has 0 amide bonds. The van der Waals surface area contributed by atoms with Crippen LogP contribution in [0.25, 0.3) is 22.3 Å². The summed E-state index contributed by atoms with van der Waals surface area (Å²) >= 11 is 0. The second-order valence-corrected chi connectivity index (χ2v) is 13.3. The van der Waals surface area contributed by atoms with Crippen molar-refractivity contribution in [2.45, 2.75) is 67.2 Å². The van der Waals surface area contributed by atoms with Gasteiger partial charge in [0, 0.05) is 11.1 Å². The lowest BCUT2D eigenvalue weighted by Crippen LogP contribution is -1.83. The second kappa shape index (κ2) is 13.8. The largest absolute Gasteiger partial charge is 0.150 e. The van der Waals surface area contributed by atoms with Gasteiger partial charge in [0.2, 0.25) is 0 Å². The highest BCUT2D eigenvalue weighted by Crippen LogP contribution is 2.43. The predicted octanol–water partition coefficient (Wildman–Crippen LogP) is 14.6. The summed E-state index contributed by atoms with van der Waals surface area (Å²) < 4.78 is 0. The Labute approximate surface area is 284 Å². The molecule has 6 heteroatoms. The molecule has 6 rings (SSSR count). The molecule has 0 aliphatic heterocycles. The van der Waals surface area contributed by atoms with Crippen LogP contribution in [0.2, 0.25) is 0 Å². The lowest BCUT2D eigenvalue weighted by atomic mass is 10.0. The molecular formula is C42H42N6. The molecule has 0 aromatic heterocycles. The van der Waals surface area contributed by atoms with E-state index in [4.69, 9.17) is 0 Å². The van der Waals surface area contributed by atoms with Crippen LogP contribution in [0.5, 0.6) is 0 Å². The Balaban J connectivity index is 1.20. The third-order valence-electron chi connectivity index (χ3n) is 8.89. The highest BCUT2D eigenvalue weighted by molar-refractivity contribution is 5.86. The molecular weight excluding hydrogens is 589 g/mol. The Kier molecular flexibility index (Phi) is 9.35. The minimum atomic E-state index is 0.449. The summed E-state index contributed by atoms with van der Waals surface area (Å²) in [7, 11) is 0. The predicted molar refractivity (Wildman–Crippen MR) is 199 cm³/mol. The average Bonchev–Trinajstić information content (AvgIpc) is 3.38. The first kappa shape index (κ1) is 32.6. The van der Waals surface area contributed by atoms with Crippen LogP contribution in [0, 0.1) is 27.7 Å². The van der Waals surface area contributed by atoms with E-state index < -0.39 is 0 Å². The molecule has 0 radical (unpaired) electrons. The standard InChI is InChI=1S/C42H42N6/c1-25(2)31-17-15-27(5)41-37(21-31)29(7)19-39(41)47-45-35-13-9-11-33(23-35)43-44-34-12-10-14-36(24-34)46-48-40-20-30(8)38-22-32(26(3)4)18-16-28(6)42(38)40/h9-26H,1-8H3. The summed E-state index contributed by atoms with van der Waals surface area (Å²) in [6, 6.07) is 32.8. The Morgan fingerprint density at radius 1 is 0.375 bits per heavy atom. The topological polar surface area (TPSA) is 74.2 Å². The van der Waals surface area contributed by atoms with Gasteiger partial charge < -0.3 is 0 Å². The molecule has 0 N–H and O–H groups in total. The zero-order chi connectivity index (χ0) is 33.9. The number of hydrogen-bond acceptors (Lipinski definition) is 6. The van der Waals surface area contributed by atoms with E-state index >= 15 is 0 Å². The van der Waals surface area contributed by atoms with Gasteiger partial charge in [-0.15, -0.1) is 10.2 Å². The number of rotatable bonds is 8. The maximum Gasteiger partial charge on any atom is 0.0940 e. The summed E-state index contributed by atoms with van der Waals surface area (Å²) in [6.07, 6.45) is 0. The average molecular weight is 631 g/mol. The summed E-state index contributed by atoms with van der Waals surface area (Å²) in [4.78, 5) is 0. The second-order valence-electron chi connectivity index (χ2n) is 13.3. The molecule has 0 heterocycles. The van der Waals surface area contributed by atoms with E-state index in [-0.39, 0.29) is 0 Å². The Morgan fingerprint density at radius 3 is 1.08 bits per heavy atom. The fraction of sp³-hybridized carbons (Fsp3) is 0.238. The van der Waals surface area contributed by atoms with Gasteiger partial charge in [0.05, 0.1) is 34.1 Å². The van der Waals surface area contributed by atoms with E-state index in [1.807, 2.05) is 48.5 Å². The van der Waals surface area contributed by atoms with Crippen molar-refractivity contribution in [2.75, 3.05) is 0 Å². The Bertz CT molecular complexity index is 1980. The van der Waals surface area contributed by atoms with Gasteiger partial charge in [-0.1, -0.05) is 76.2 Å². The molecule has 0 spiro atoms. The summed E-state index contributed by atoms with van der Waals surface area (Å²) in [5.41, 5.74) is 16.7. The lowest BCUT2D eigenvalue weighted by molar-refractivity contribution is 0.868. The monoisotopic (exact) mass is 630 g/mol. The molecule has 0 unspecified atom stereocenters. The molecule has 2 aromatic rings. The van der Waals surface area contributed by atoms with Crippen LogP contribution in [0.3, 0.4) is 0 Å². The van der Waals surface area contributed by atoms with Crippen molar-refractivity contribution in [1.29, 1.82) is 0 Å². The molecule has 0 atom stereocenters. The number of hydrogen-bond donors (Lipinski definition) is 0. The van der Waals surface area contributed by atoms with Crippen LogP contribution < -0.4 is 0 Å². The first-order chi connectivity index (χ1) is 23.1. The van der Waals surface area contributed by atoms with Gasteiger partial charge in [0.1, 0.15) is 0 Å². The number of nitrogens with zero attached hydrogens (tertiary/aromatic N) is 6. The Hall–Kier alpha value is -5.36. The van der Waals surface area contributed by atoms with E-state index in [2.05, 4.69) is 135 Å². The van der Waals surface area contributed by atoms with Gasteiger partial charge in [-0.05, 0) is 133 Å². The van der Waals surface area contributed by atoms with Crippen molar-refractivity contribution >= 4 is 34.1 Å². The zero-order valence-corrected chi connectivity index (χ0v) is 29.1. The van der Waals surface area contributed by atoms with Crippen molar-refractivity contribution in [3.8, 4) is 22.3 Å². The third-order valence-corrected chi connectivity index (χ3v) is 8.89. The quantitative estimate of drug-likeness (QED) is 0.150.